The van der Waals surface area contributed by atoms with Crippen LogP contribution < -0.4 is 11.5 Å². The van der Waals surface area contributed by atoms with Crippen molar-refractivity contribution in [3.8, 4) is 11.1 Å². The lowest BCUT2D eigenvalue weighted by atomic mass is 9.76. The molecule has 34 heavy (non-hydrogen) atoms. The topological polar surface area (TPSA) is 98.6 Å². The summed E-state index contributed by atoms with van der Waals surface area (Å²) in [5, 5.41) is 10.5. The number of anilines is 2. The molecule has 4 rings (SSSR count). The molecule has 3 aromatic rings. The third-order valence-corrected chi connectivity index (χ3v) is 6.70. The molecule has 0 aliphatic carbocycles. The maximum Gasteiger partial charge on any atom is 0.309 e. The van der Waals surface area contributed by atoms with E-state index >= 15 is 0 Å². The Balaban J connectivity index is 1.41. The number of esters is 1. The Labute approximate surface area is 201 Å². The fourth-order valence-electron chi connectivity index (χ4n) is 4.94. The molecule has 2 unspecified atom stereocenters. The predicted octanol–water partition coefficient (Wildman–Crippen LogP) is 5.46. The van der Waals surface area contributed by atoms with E-state index in [9.17, 15) is 9.90 Å². The molecule has 0 saturated carbocycles. The van der Waals surface area contributed by atoms with Crippen LogP contribution in [0, 0.1) is 5.92 Å². The summed E-state index contributed by atoms with van der Waals surface area (Å²) in [4.78, 5) is 13.1. The van der Waals surface area contributed by atoms with Gasteiger partial charge in [0, 0.05) is 6.42 Å². The number of cyclic esters (lactones) is 1. The molecular formula is C29H34N2O3. The van der Waals surface area contributed by atoms with Gasteiger partial charge in [-0.1, -0.05) is 60.7 Å². The quantitative estimate of drug-likeness (QED) is 0.322. The predicted molar refractivity (Wildman–Crippen MR) is 137 cm³/mol. The van der Waals surface area contributed by atoms with E-state index in [1.165, 1.54) is 5.56 Å². The van der Waals surface area contributed by atoms with Gasteiger partial charge in [-0.3, -0.25) is 4.79 Å². The highest BCUT2D eigenvalue weighted by Crippen LogP contribution is 2.44. The molecular weight excluding hydrogens is 424 g/mol. The van der Waals surface area contributed by atoms with Gasteiger partial charge < -0.3 is 21.3 Å². The van der Waals surface area contributed by atoms with Gasteiger partial charge in [0.05, 0.1) is 22.9 Å². The molecule has 2 atom stereocenters. The van der Waals surface area contributed by atoms with Crippen molar-refractivity contribution in [3.05, 3.63) is 83.9 Å². The van der Waals surface area contributed by atoms with Gasteiger partial charge in [-0.2, -0.15) is 0 Å². The molecule has 1 aliphatic rings. The minimum absolute atomic E-state index is 0.143. The fourth-order valence-corrected chi connectivity index (χ4v) is 4.94. The van der Waals surface area contributed by atoms with Crippen LogP contribution in [0.1, 0.15) is 50.7 Å². The van der Waals surface area contributed by atoms with Gasteiger partial charge in [0.2, 0.25) is 0 Å². The van der Waals surface area contributed by atoms with Crippen LogP contribution in [0.5, 0.6) is 0 Å². The standard InChI is InChI=1S/C29H34N2O3/c1-28(2,33)19-29(24-6-4-3-5-7-24)17-16-22(27(32)34-29)13-10-20-8-11-21(12-9-20)23-14-15-25(30)26(31)18-23/h3-9,11-12,14-15,18,22,33H,10,13,16-17,19,30-31H2,1-2H3. The molecule has 1 saturated heterocycles. The number of nitrogen functional groups attached to an aromatic ring is 2. The van der Waals surface area contributed by atoms with Crippen LogP contribution in [-0.2, 0) is 21.6 Å². The lowest BCUT2D eigenvalue weighted by molar-refractivity contribution is -0.184. The highest BCUT2D eigenvalue weighted by molar-refractivity contribution is 5.75. The van der Waals surface area contributed by atoms with Crippen molar-refractivity contribution in [3.63, 3.8) is 0 Å². The minimum atomic E-state index is -0.945. The average molecular weight is 459 g/mol. The first kappa shape index (κ1) is 23.8. The van der Waals surface area contributed by atoms with E-state index in [1.54, 1.807) is 13.8 Å². The van der Waals surface area contributed by atoms with Gasteiger partial charge in [0.1, 0.15) is 5.60 Å². The average Bonchev–Trinajstić information content (AvgIpc) is 2.80. The van der Waals surface area contributed by atoms with E-state index in [0.717, 1.165) is 36.0 Å². The molecule has 0 aromatic heterocycles. The summed E-state index contributed by atoms with van der Waals surface area (Å²) in [7, 11) is 0. The van der Waals surface area contributed by atoms with Crippen LogP contribution in [0.15, 0.2) is 72.8 Å². The molecule has 0 spiro atoms. The van der Waals surface area contributed by atoms with Crippen LogP contribution in [-0.4, -0.2) is 16.7 Å². The van der Waals surface area contributed by atoms with E-state index in [0.29, 0.717) is 24.2 Å². The maximum absolute atomic E-state index is 13.1. The number of benzene rings is 3. The van der Waals surface area contributed by atoms with Crippen molar-refractivity contribution in [1.82, 2.24) is 0 Å². The third kappa shape index (κ3) is 5.42. The molecule has 1 heterocycles. The number of nitrogens with two attached hydrogens (primary N) is 2. The van der Waals surface area contributed by atoms with Crippen molar-refractivity contribution in [1.29, 1.82) is 0 Å². The summed E-state index contributed by atoms with van der Waals surface area (Å²) in [5.74, 6) is -0.316. The van der Waals surface area contributed by atoms with Gasteiger partial charge in [0.15, 0.2) is 0 Å². The summed E-state index contributed by atoms with van der Waals surface area (Å²) in [6.45, 7) is 3.53. The first-order valence-corrected chi connectivity index (χ1v) is 11.9. The fraction of sp³-hybridized carbons (Fsp3) is 0.345. The zero-order valence-electron chi connectivity index (χ0n) is 20.0. The Hall–Kier alpha value is -3.31. The minimum Gasteiger partial charge on any atom is -0.454 e. The molecule has 0 bridgehead atoms. The molecule has 1 aliphatic heterocycles. The van der Waals surface area contributed by atoms with Crippen molar-refractivity contribution < 1.29 is 14.6 Å². The maximum atomic E-state index is 13.1. The number of hydrogen-bond donors (Lipinski definition) is 3. The second-order valence-electron chi connectivity index (χ2n) is 10.1. The van der Waals surface area contributed by atoms with Crippen LogP contribution in [0.4, 0.5) is 11.4 Å². The van der Waals surface area contributed by atoms with Gasteiger partial charge >= 0.3 is 5.97 Å². The Morgan fingerprint density at radius 2 is 1.65 bits per heavy atom. The summed E-state index contributed by atoms with van der Waals surface area (Å²) < 4.78 is 6.11. The van der Waals surface area contributed by atoms with Crippen LogP contribution in [0.2, 0.25) is 0 Å². The first-order valence-electron chi connectivity index (χ1n) is 11.9. The number of rotatable bonds is 7. The third-order valence-electron chi connectivity index (χ3n) is 6.70. The second kappa shape index (κ2) is 9.51. The van der Waals surface area contributed by atoms with E-state index < -0.39 is 11.2 Å². The number of ether oxygens (including phenoxy) is 1. The molecule has 5 nitrogen and oxygen atoms in total. The number of carbonyl (C=O) groups is 1. The van der Waals surface area contributed by atoms with Crippen molar-refractivity contribution in [2.75, 3.05) is 11.5 Å². The monoisotopic (exact) mass is 458 g/mol. The zero-order valence-corrected chi connectivity index (χ0v) is 20.0. The molecule has 5 N–H and O–H groups in total. The normalized spacial score (nSPS) is 20.7. The highest BCUT2D eigenvalue weighted by Gasteiger charge is 2.45. The molecule has 3 aromatic carbocycles. The molecule has 1 fully saturated rings. The smallest absolute Gasteiger partial charge is 0.309 e. The Bertz CT molecular complexity index is 1140. The van der Waals surface area contributed by atoms with Gasteiger partial charge in [-0.15, -0.1) is 0 Å². The summed E-state index contributed by atoms with van der Waals surface area (Å²) in [5.41, 5.74) is 15.4. The van der Waals surface area contributed by atoms with Crippen LogP contribution >= 0.6 is 0 Å². The van der Waals surface area contributed by atoms with Crippen LogP contribution in [0.25, 0.3) is 11.1 Å². The SMILES string of the molecule is CC(C)(O)CC1(c2ccccc2)CCC(CCc2ccc(-c3ccc(N)c(N)c3)cc2)C(=O)O1. The molecule has 5 heteroatoms. The number of carbonyl (C=O) groups excluding carboxylic acids is 1. The lowest BCUT2D eigenvalue weighted by Gasteiger charge is -2.42. The second-order valence-corrected chi connectivity index (χ2v) is 10.1. The summed E-state index contributed by atoms with van der Waals surface area (Å²) in [6.07, 6.45) is 3.36. The van der Waals surface area contributed by atoms with Crippen molar-refractivity contribution in [2.45, 2.75) is 57.2 Å². The molecule has 0 amide bonds. The number of aryl methyl sites for hydroxylation is 1. The van der Waals surface area contributed by atoms with E-state index in [2.05, 4.69) is 24.3 Å². The van der Waals surface area contributed by atoms with Crippen molar-refractivity contribution in [2.24, 2.45) is 5.92 Å². The summed E-state index contributed by atoms with van der Waals surface area (Å²) >= 11 is 0. The highest BCUT2D eigenvalue weighted by atomic mass is 16.6. The van der Waals surface area contributed by atoms with E-state index in [1.807, 2.05) is 48.5 Å². The van der Waals surface area contributed by atoms with Crippen LogP contribution in [0.3, 0.4) is 0 Å². The number of hydrogen-bond acceptors (Lipinski definition) is 5. The Morgan fingerprint density at radius 1 is 0.971 bits per heavy atom. The molecule has 0 radical (unpaired) electrons. The van der Waals surface area contributed by atoms with Gasteiger partial charge in [-0.05, 0) is 73.9 Å². The van der Waals surface area contributed by atoms with Gasteiger partial charge in [-0.25, -0.2) is 0 Å². The Morgan fingerprint density at radius 3 is 2.26 bits per heavy atom. The largest absolute Gasteiger partial charge is 0.454 e. The zero-order chi connectivity index (χ0) is 24.3. The van der Waals surface area contributed by atoms with E-state index in [-0.39, 0.29) is 11.9 Å². The van der Waals surface area contributed by atoms with Gasteiger partial charge in [0.25, 0.3) is 0 Å². The summed E-state index contributed by atoms with van der Waals surface area (Å²) in [6, 6.07) is 23.8. The Kier molecular flexibility index (Phi) is 6.67. The van der Waals surface area contributed by atoms with Crippen molar-refractivity contribution >= 4 is 17.3 Å². The first-order chi connectivity index (χ1) is 16.2. The van der Waals surface area contributed by atoms with E-state index in [4.69, 9.17) is 16.2 Å². The molecule has 178 valence electrons. The lowest BCUT2D eigenvalue weighted by Crippen LogP contribution is -2.45. The number of aliphatic hydroxyl groups is 1.